The van der Waals surface area contributed by atoms with Crippen molar-refractivity contribution in [2.24, 2.45) is 0 Å². The summed E-state index contributed by atoms with van der Waals surface area (Å²) in [6.45, 7) is 5.23. The summed E-state index contributed by atoms with van der Waals surface area (Å²) in [5.74, 6) is -0.767. The minimum atomic E-state index is -3.78. The zero-order chi connectivity index (χ0) is 16.5. The Morgan fingerprint density at radius 3 is 2.68 bits per heavy atom. The number of oxazole rings is 1. The van der Waals surface area contributed by atoms with Crippen molar-refractivity contribution < 1.29 is 22.4 Å². The molecule has 2 rings (SSSR count). The summed E-state index contributed by atoms with van der Waals surface area (Å²) in [5.41, 5.74) is 0.275. The quantitative estimate of drug-likeness (QED) is 0.774. The van der Waals surface area contributed by atoms with Crippen LogP contribution in [0.2, 0.25) is 0 Å². The van der Waals surface area contributed by atoms with Gasteiger partial charge in [0.1, 0.15) is 0 Å². The fourth-order valence-corrected chi connectivity index (χ4v) is 3.91. The van der Waals surface area contributed by atoms with Gasteiger partial charge in [-0.2, -0.15) is 4.98 Å². The van der Waals surface area contributed by atoms with Crippen molar-refractivity contribution >= 4 is 33.3 Å². The summed E-state index contributed by atoms with van der Waals surface area (Å²) in [7, 11) is -2.46. The number of esters is 1. The van der Waals surface area contributed by atoms with E-state index in [1.54, 1.807) is 25.3 Å². The zero-order valence-electron chi connectivity index (χ0n) is 12.6. The summed E-state index contributed by atoms with van der Waals surface area (Å²) in [4.78, 5) is 16.7. The van der Waals surface area contributed by atoms with E-state index in [4.69, 9.17) is 9.15 Å². The summed E-state index contributed by atoms with van der Waals surface area (Å²) in [5, 5.41) is 1.54. The number of rotatable bonds is 5. The fraction of sp³-hybridized carbons (Fsp3) is 0.385. The van der Waals surface area contributed by atoms with E-state index in [1.165, 1.54) is 18.4 Å². The number of carbonyl (C=O) groups excluding carboxylic acids is 1. The Kier molecular flexibility index (Phi) is 4.57. The Labute approximate surface area is 132 Å². The molecule has 0 aliphatic carbocycles. The van der Waals surface area contributed by atoms with Crippen molar-refractivity contribution in [2.75, 3.05) is 18.0 Å². The molecule has 0 aromatic carbocycles. The lowest BCUT2D eigenvalue weighted by Crippen LogP contribution is -2.26. The third-order valence-electron chi connectivity index (χ3n) is 2.88. The van der Waals surface area contributed by atoms with Gasteiger partial charge >= 0.3 is 12.0 Å². The second kappa shape index (κ2) is 6.09. The van der Waals surface area contributed by atoms with Gasteiger partial charge in [0, 0.05) is 17.3 Å². The maximum atomic E-state index is 12.5. The van der Waals surface area contributed by atoms with E-state index in [1.807, 2.05) is 6.92 Å². The first-order chi connectivity index (χ1) is 10.3. The Hall–Kier alpha value is -1.87. The molecule has 2 heterocycles. The number of carbonyl (C=O) groups is 1. The van der Waals surface area contributed by atoms with E-state index in [2.05, 4.69) is 4.98 Å². The van der Waals surface area contributed by atoms with Crippen LogP contribution in [0.4, 0.5) is 6.01 Å². The third kappa shape index (κ3) is 3.00. The Morgan fingerprint density at radius 2 is 2.14 bits per heavy atom. The molecule has 7 nitrogen and oxygen atoms in total. The number of hydrogen-bond donors (Lipinski definition) is 0. The molecule has 0 N–H and O–H groups in total. The number of aromatic nitrogens is 1. The smallest absolute Gasteiger partial charge is 0.376 e. The maximum Gasteiger partial charge on any atom is 0.376 e. The number of anilines is 1. The Bertz CT molecular complexity index is 791. The first-order valence-electron chi connectivity index (χ1n) is 6.46. The van der Waals surface area contributed by atoms with Gasteiger partial charge in [0.2, 0.25) is 5.76 Å². The average Bonchev–Trinajstić information content (AvgIpc) is 3.04. The summed E-state index contributed by atoms with van der Waals surface area (Å²) in [6.07, 6.45) is 0. The Morgan fingerprint density at radius 1 is 1.45 bits per heavy atom. The number of hydrogen-bond acceptors (Lipinski definition) is 7. The van der Waals surface area contributed by atoms with Gasteiger partial charge in [0.15, 0.2) is 0 Å². The van der Waals surface area contributed by atoms with Crippen LogP contribution in [0.5, 0.6) is 0 Å². The van der Waals surface area contributed by atoms with Crippen molar-refractivity contribution in [1.29, 1.82) is 0 Å². The van der Waals surface area contributed by atoms with Crippen LogP contribution >= 0.6 is 11.3 Å². The van der Waals surface area contributed by atoms with E-state index >= 15 is 0 Å². The maximum absolute atomic E-state index is 12.5. The van der Waals surface area contributed by atoms with Gasteiger partial charge in [-0.3, -0.25) is 0 Å². The van der Waals surface area contributed by atoms with Crippen molar-refractivity contribution in [3.8, 4) is 0 Å². The van der Waals surface area contributed by atoms with Crippen molar-refractivity contribution in [3.05, 3.63) is 27.8 Å². The van der Waals surface area contributed by atoms with Crippen LogP contribution in [-0.2, 0) is 14.8 Å². The molecule has 22 heavy (non-hydrogen) atoms. The van der Waals surface area contributed by atoms with Crippen LogP contribution in [0, 0.1) is 13.8 Å². The van der Waals surface area contributed by atoms with Gasteiger partial charge in [0.05, 0.1) is 17.2 Å². The van der Waals surface area contributed by atoms with E-state index in [0.29, 0.717) is 0 Å². The number of aryl methyl sites for hydroxylation is 2. The topological polar surface area (TPSA) is 89.7 Å². The number of sulfonamides is 1. The van der Waals surface area contributed by atoms with Crippen molar-refractivity contribution in [3.63, 3.8) is 0 Å². The molecule has 9 heteroatoms. The van der Waals surface area contributed by atoms with Crippen molar-refractivity contribution in [2.45, 2.75) is 25.7 Å². The van der Waals surface area contributed by atoms with E-state index < -0.39 is 16.0 Å². The van der Waals surface area contributed by atoms with Gasteiger partial charge in [-0.25, -0.2) is 17.5 Å². The second-order valence-electron chi connectivity index (χ2n) is 4.50. The number of ether oxygens (including phenoxy) is 1. The van der Waals surface area contributed by atoms with Gasteiger partial charge < -0.3 is 9.15 Å². The zero-order valence-corrected chi connectivity index (χ0v) is 14.2. The van der Waals surface area contributed by atoms with Crippen LogP contribution in [-0.4, -0.2) is 33.0 Å². The largest absolute Gasteiger partial charge is 0.460 e. The van der Waals surface area contributed by atoms with E-state index in [9.17, 15) is 13.2 Å². The van der Waals surface area contributed by atoms with E-state index in [-0.39, 0.29) is 29.0 Å². The van der Waals surface area contributed by atoms with Crippen LogP contribution in [0.3, 0.4) is 0 Å². The summed E-state index contributed by atoms with van der Waals surface area (Å²) < 4.78 is 36.0. The molecule has 0 fully saturated rings. The van der Waals surface area contributed by atoms with Gasteiger partial charge in [-0.15, -0.1) is 11.3 Å². The molecule has 2 aromatic rings. The molecule has 0 bridgehead atoms. The van der Waals surface area contributed by atoms with E-state index in [0.717, 1.165) is 9.18 Å². The minimum absolute atomic E-state index is 0.0969. The molecule has 0 radical (unpaired) electrons. The van der Waals surface area contributed by atoms with Gasteiger partial charge in [-0.05, 0) is 26.8 Å². The second-order valence-corrected chi connectivity index (χ2v) is 7.58. The first kappa shape index (κ1) is 16.5. The fourth-order valence-electron chi connectivity index (χ4n) is 1.72. The molecule has 0 unspecified atom stereocenters. The molecule has 0 aliphatic heterocycles. The molecule has 0 atom stereocenters. The Balaban J connectivity index is 2.36. The number of thiophene rings is 1. The average molecular weight is 344 g/mol. The van der Waals surface area contributed by atoms with Gasteiger partial charge in [-0.1, -0.05) is 0 Å². The molecule has 120 valence electrons. The molecule has 0 spiro atoms. The minimum Gasteiger partial charge on any atom is -0.460 e. The lowest BCUT2D eigenvalue weighted by atomic mass is 10.4. The molecule has 0 saturated heterocycles. The highest BCUT2D eigenvalue weighted by Gasteiger charge is 2.28. The standard InChI is InChI=1S/C13H16N2O5S2/c1-5-19-12(16)11-9(3)14-13(20-11)15(4)22(17,18)10-6-8(2)21-7-10/h6-7H,5H2,1-4H3. The highest BCUT2D eigenvalue weighted by molar-refractivity contribution is 7.92. The highest BCUT2D eigenvalue weighted by Crippen LogP contribution is 2.26. The predicted octanol–water partition coefficient (Wildman–Crippen LogP) is 2.35. The lowest BCUT2D eigenvalue weighted by Gasteiger charge is -2.13. The normalized spacial score (nSPS) is 11.5. The van der Waals surface area contributed by atoms with Crippen LogP contribution in [0.1, 0.15) is 28.0 Å². The molecule has 0 saturated carbocycles. The molecule has 0 aliphatic rings. The number of nitrogens with zero attached hydrogens (tertiary/aromatic N) is 2. The summed E-state index contributed by atoms with van der Waals surface area (Å²) in [6, 6.07) is 1.39. The van der Waals surface area contributed by atoms with Crippen LogP contribution < -0.4 is 4.31 Å². The highest BCUT2D eigenvalue weighted by atomic mass is 32.2. The molecule has 2 aromatic heterocycles. The molecular weight excluding hydrogens is 328 g/mol. The van der Waals surface area contributed by atoms with Crippen molar-refractivity contribution in [1.82, 2.24) is 4.98 Å². The first-order valence-corrected chi connectivity index (χ1v) is 8.78. The summed E-state index contributed by atoms with van der Waals surface area (Å²) >= 11 is 1.33. The SMILES string of the molecule is CCOC(=O)c1oc(N(C)S(=O)(=O)c2csc(C)c2)nc1C. The van der Waals surface area contributed by atoms with Crippen LogP contribution in [0.15, 0.2) is 20.8 Å². The third-order valence-corrected chi connectivity index (χ3v) is 5.60. The molecule has 0 amide bonds. The van der Waals surface area contributed by atoms with Gasteiger partial charge in [0.25, 0.3) is 10.0 Å². The monoisotopic (exact) mass is 344 g/mol. The van der Waals surface area contributed by atoms with Crippen LogP contribution in [0.25, 0.3) is 0 Å². The predicted molar refractivity (Wildman–Crippen MR) is 81.8 cm³/mol. The molecular formula is C13H16N2O5S2. The lowest BCUT2D eigenvalue weighted by molar-refractivity contribution is 0.0490.